The van der Waals surface area contributed by atoms with Crippen molar-refractivity contribution in [2.75, 3.05) is 32.5 Å². The summed E-state index contributed by atoms with van der Waals surface area (Å²) in [7, 11) is -2.34. The summed E-state index contributed by atoms with van der Waals surface area (Å²) in [5, 5.41) is 2.80. The molecular formula is C23H29FN2O4S2. The molecule has 0 radical (unpaired) electrons. The summed E-state index contributed by atoms with van der Waals surface area (Å²) in [5.41, 5.74) is 0.889. The van der Waals surface area contributed by atoms with Gasteiger partial charge in [-0.15, -0.1) is 0 Å². The van der Waals surface area contributed by atoms with Crippen molar-refractivity contribution in [3.8, 4) is 5.75 Å². The van der Waals surface area contributed by atoms with Gasteiger partial charge in [-0.25, -0.2) is 12.8 Å². The maximum Gasteiger partial charge on any atom is 0.251 e. The van der Waals surface area contributed by atoms with E-state index in [9.17, 15) is 17.6 Å². The molecule has 0 bridgehead atoms. The van der Waals surface area contributed by atoms with Crippen LogP contribution < -0.4 is 10.1 Å². The zero-order valence-electron chi connectivity index (χ0n) is 18.2. The molecule has 6 nitrogen and oxygen atoms in total. The predicted molar refractivity (Wildman–Crippen MR) is 125 cm³/mol. The Labute approximate surface area is 193 Å². The highest BCUT2D eigenvalue weighted by Crippen LogP contribution is 2.29. The van der Waals surface area contributed by atoms with Crippen LogP contribution in [0, 0.1) is 5.82 Å². The molecule has 2 aromatic carbocycles. The molecule has 9 heteroatoms. The number of carbonyl (C=O) groups excluding carboxylic acids is 1. The summed E-state index contributed by atoms with van der Waals surface area (Å²) >= 11 is 1.51. The van der Waals surface area contributed by atoms with Crippen LogP contribution in [0.3, 0.4) is 0 Å². The molecule has 0 atom stereocenters. The standard InChI is InChI=1S/C23H29FN2O4S2/c1-30-21-11-10-18(16-22(21)32(28,29)26-13-6-2-3-7-14-26)23(27)25-12-15-31-17-19-8-4-5-9-20(19)24/h4-5,8-11,16H,2-3,6-7,12-15,17H2,1H3,(H,25,27). The van der Waals surface area contributed by atoms with Crippen molar-refractivity contribution in [2.24, 2.45) is 0 Å². The second kappa shape index (κ2) is 11.7. The van der Waals surface area contributed by atoms with Crippen LogP contribution in [0.1, 0.15) is 41.6 Å². The highest BCUT2D eigenvalue weighted by molar-refractivity contribution is 7.98. The van der Waals surface area contributed by atoms with Gasteiger partial charge in [0.05, 0.1) is 7.11 Å². The Bertz CT molecular complexity index is 1020. The van der Waals surface area contributed by atoms with Gasteiger partial charge < -0.3 is 10.1 Å². The van der Waals surface area contributed by atoms with Gasteiger partial charge in [-0.05, 0) is 42.7 Å². The van der Waals surface area contributed by atoms with E-state index in [-0.39, 0.29) is 27.9 Å². The van der Waals surface area contributed by atoms with Crippen LogP contribution in [0.5, 0.6) is 5.75 Å². The van der Waals surface area contributed by atoms with Gasteiger partial charge in [-0.2, -0.15) is 16.1 Å². The molecule has 0 aliphatic carbocycles. The molecule has 1 fully saturated rings. The molecule has 0 saturated carbocycles. The molecule has 1 saturated heterocycles. The number of methoxy groups -OCH3 is 1. The van der Waals surface area contributed by atoms with E-state index < -0.39 is 10.0 Å². The van der Waals surface area contributed by atoms with Crippen molar-refractivity contribution in [1.82, 2.24) is 9.62 Å². The van der Waals surface area contributed by atoms with E-state index in [2.05, 4.69) is 5.32 Å². The van der Waals surface area contributed by atoms with Gasteiger partial charge in [0, 0.05) is 36.7 Å². The van der Waals surface area contributed by atoms with Gasteiger partial charge in [0.1, 0.15) is 16.5 Å². The summed E-state index contributed by atoms with van der Waals surface area (Å²) in [6.07, 6.45) is 3.68. The van der Waals surface area contributed by atoms with Crippen molar-refractivity contribution in [3.63, 3.8) is 0 Å². The summed E-state index contributed by atoms with van der Waals surface area (Å²) in [5.74, 6) is 0.761. The minimum Gasteiger partial charge on any atom is -0.495 e. The van der Waals surface area contributed by atoms with Gasteiger partial charge >= 0.3 is 0 Å². The second-order valence-electron chi connectivity index (χ2n) is 7.58. The van der Waals surface area contributed by atoms with Crippen LogP contribution in [0.4, 0.5) is 4.39 Å². The fourth-order valence-corrected chi connectivity index (χ4v) is 6.12. The molecule has 2 aromatic rings. The molecule has 0 unspecified atom stereocenters. The zero-order valence-corrected chi connectivity index (χ0v) is 19.8. The highest BCUT2D eigenvalue weighted by Gasteiger charge is 2.29. The van der Waals surface area contributed by atoms with E-state index >= 15 is 0 Å². The number of amides is 1. The third-order valence-corrected chi connectivity index (χ3v) is 8.28. The van der Waals surface area contributed by atoms with Crippen molar-refractivity contribution in [3.05, 3.63) is 59.4 Å². The predicted octanol–water partition coefficient (Wildman–Crippen LogP) is 4.06. The average Bonchev–Trinajstić information content (AvgIpc) is 3.09. The van der Waals surface area contributed by atoms with Crippen LogP contribution in [0.25, 0.3) is 0 Å². The molecular weight excluding hydrogens is 451 g/mol. The molecule has 0 spiro atoms. The molecule has 174 valence electrons. The number of carbonyl (C=O) groups is 1. The van der Waals surface area contributed by atoms with Crippen molar-refractivity contribution in [2.45, 2.75) is 36.3 Å². The lowest BCUT2D eigenvalue weighted by molar-refractivity contribution is 0.0956. The third-order valence-electron chi connectivity index (χ3n) is 5.36. The van der Waals surface area contributed by atoms with Crippen LogP contribution >= 0.6 is 11.8 Å². The molecule has 1 aliphatic rings. The first-order valence-corrected chi connectivity index (χ1v) is 13.3. The molecule has 1 heterocycles. The van der Waals surface area contributed by atoms with Gasteiger partial charge in [-0.1, -0.05) is 31.0 Å². The Kier molecular flexibility index (Phi) is 8.95. The van der Waals surface area contributed by atoms with E-state index in [0.29, 0.717) is 36.7 Å². The normalized spacial score (nSPS) is 15.2. The smallest absolute Gasteiger partial charge is 0.251 e. The molecule has 1 N–H and O–H groups in total. The molecule has 1 aliphatic heterocycles. The first kappa shape index (κ1) is 24.5. The van der Waals surface area contributed by atoms with E-state index in [0.717, 1.165) is 25.7 Å². The Balaban J connectivity index is 1.62. The number of hydrogen-bond acceptors (Lipinski definition) is 5. The summed E-state index contributed by atoms with van der Waals surface area (Å²) in [6, 6.07) is 11.1. The lowest BCUT2D eigenvalue weighted by Crippen LogP contribution is -2.32. The third kappa shape index (κ3) is 6.24. The zero-order chi connectivity index (χ0) is 23.0. The summed E-state index contributed by atoms with van der Waals surface area (Å²) in [6.45, 7) is 1.33. The topological polar surface area (TPSA) is 75.7 Å². The maximum atomic E-state index is 13.7. The van der Waals surface area contributed by atoms with Crippen LogP contribution in [0.2, 0.25) is 0 Å². The van der Waals surface area contributed by atoms with Gasteiger partial charge in [0.25, 0.3) is 5.91 Å². The first-order valence-electron chi connectivity index (χ1n) is 10.7. The molecule has 1 amide bonds. The van der Waals surface area contributed by atoms with E-state index in [1.807, 2.05) is 0 Å². The van der Waals surface area contributed by atoms with Crippen molar-refractivity contribution in [1.29, 1.82) is 0 Å². The lowest BCUT2D eigenvalue weighted by atomic mass is 10.2. The number of sulfonamides is 1. The number of hydrogen-bond donors (Lipinski definition) is 1. The van der Waals surface area contributed by atoms with Gasteiger partial charge in [0.2, 0.25) is 10.0 Å². The Hall–Kier alpha value is -2.10. The first-order chi connectivity index (χ1) is 15.4. The minimum atomic E-state index is -3.76. The van der Waals surface area contributed by atoms with Gasteiger partial charge in [0.15, 0.2) is 0 Å². The Morgan fingerprint density at radius 1 is 1.12 bits per heavy atom. The number of benzene rings is 2. The van der Waals surface area contributed by atoms with Crippen molar-refractivity contribution < 1.29 is 22.3 Å². The number of rotatable bonds is 9. The largest absolute Gasteiger partial charge is 0.495 e. The lowest BCUT2D eigenvalue weighted by Gasteiger charge is -2.21. The monoisotopic (exact) mass is 480 g/mol. The number of halogens is 1. The SMILES string of the molecule is COc1ccc(C(=O)NCCSCc2ccccc2F)cc1S(=O)(=O)N1CCCCCC1. The van der Waals surface area contributed by atoms with Crippen LogP contribution in [-0.2, 0) is 15.8 Å². The van der Waals surface area contributed by atoms with E-state index in [1.165, 1.54) is 41.4 Å². The van der Waals surface area contributed by atoms with E-state index in [1.54, 1.807) is 24.3 Å². The summed E-state index contributed by atoms with van der Waals surface area (Å²) in [4.78, 5) is 12.6. The van der Waals surface area contributed by atoms with Crippen LogP contribution in [-0.4, -0.2) is 51.1 Å². The fraction of sp³-hybridized carbons (Fsp3) is 0.435. The second-order valence-corrected chi connectivity index (χ2v) is 10.6. The van der Waals surface area contributed by atoms with Gasteiger partial charge in [-0.3, -0.25) is 4.79 Å². The minimum absolute atomic E-state index is 0.0171. The number of nitrogens with zero attached hydrogens (tertiary/aromatic N) is 1. The van der Waals surface area contributed by atoms with Crippen LogP contribution in [0.15, 0.2) is 47.4 Å². The van der Waals surface area contributed by atoms with Crippen molar-refractivity contribution >= 4 is 27.7 Å². The Morgan fingerprint density at radius 2 is 1.84 bits per heavy atom. The number of ether oxygens (including phenoxy) is 1. The number of thioether (sulfide) groups is 1. The summed E-state index contributed by atoms with van der Waals surface area (Å²) < 4.78 is 46.9. The Morgan fingerprint density at radius 3 is 2.53 bits per heavy atom. The fourth-order valence-electron chi connectivity index (χ4n) is 3.58. The molecule has 32 heavy (non-hydrogen) atoms. The average molecular weight is 481 g/mol. The molecule has 0 aromatic heterocycles. The molecule has 3 rings (SSSR count). The number of nitrogens with one attached hydrogen (secondary N) is 1. The highest BCUT2D eigenvalue weighted by atomic mass is 32.2. The maximum absolute atomic E-state index is 13.7. The van der Waals surface area contributed by atoms with E-state index in [4.69, 9.17) is 4.74 Å². The quantitative estimate of drug-likeness (QED) is 0.548.